The Labute approximate surface area is 100 Å². The second kappa shape index (κ2) is 6.76. The van der Waals surface area contributed by atoms with Gasteiger partial charge in [0, 0.05) is 41.1 Å². The molecule has 0 fully saturated rings. The van der Waals surface area contributed by atoms with Gasteiger partial charge < -0.3 is 5.32 Å². The summed E-state index contributed by atoms with van der Waals surface area (Å²) in [6, 6.07) is 6.52. The summed E-state index contributed by atoms with van der Waals surface area (Å²) in [5, 5.41) is 3.45. The van der Waals surface area contributed by atoms with Gasteiger partial charge in [-0.2, -0.15) is 0 Å². The molecule has 0 saturated heterocycles. The molecule has 0 amide bonds. The van der Waals surface area contributed by atoms with Gasteiger partial charge in [0.05, 0.1) is 5.69 Å². The summed E-state index contributed by atoms with van der Waals surface area (Å²) in [4.78, 5) is 4.30. The van der Waals surface area contributed by atoms with Crippen LogP contribution in [0.3, 0.4) is 0 Å². The molecule has 0 aromatic carbocycles. The van der Waals surface area contributed by atoms with Gasteiger partial charge in [0.25, 0.3) is 0 Å². The number of rotatable bonds is 6. The zero-order valence-corrected chi connectivity index (χ0v) is 11.0. The van der Waals surface area contributed by atoms with Crippen LogP contribution in [0.2, 0.25) is 0 Å². The van der Waals surface area contributed by atoms with Gasteiger partial charge in [-0.3, -0.25) is 9.19 Å². The normalized spacial score (nSPS) is 16.7. The van der Waals surface area contributed by atoms with Crippen molar-refractivity contribution < 1.29 is 4.21 Å². The van der Waals surface area contributed by atoms with Crippen molar-refractivity contribution >= 4 is 10.8 Å². The molecule has 1 N–H and O–H groups in total. The van der Waals surface area contributed by atoms with Gasteiger partial charge in [-0.15, -0.1) is 0 Å². The van der Waals surface area contributed by atoms with E-state index in [4.69, 9.17) is 0 Å². The van der Waals surface area contributed by atoms with Gasteiger partial charge in [-0.25, -0.2) is 0 Å². The fourth-order valence-electron chi connectivity index (χ4n) is 1.57. The molecule has 1 rings (SSSR count). The van der Waals surface area contributed by atoms with Crippen LogP contribution in [-0.2, 0) is 10.8 Å². The maximum Gasteiger partial charge on any atom is 0.0570 e. The van der Waals surface area contributed by atoms with E-state index in [9.17, 15) is 4.21 Å². The zero-order chi connectivity index (χ0) is 12.0. The molecule has 4 heteroatoms. The first-order valence-corrected chi connectivity index (χ1v) is 7.29. The number of hydrogen-bond donors (Lipinski definition) is 1. The number of hydrogen-bond acceptors (Lipinski definition) is 3. The van der Waals surface area contributed by atoms with Crippen molar-refractivity contribution in [1.29, 1.82) is 0 Å². The standard InChI is InChI=1S/C12H20N2OS/c1-10(7-9-16(3)15)14-11(2)12-6-4-5-8-13-12/h4-6,8,10-11,14H,7,9H2,1-3H3. The van der Waals surface area contributed by atoms with Gasteiger partial charge >= 0.3 is 0 Å². The Kier molecular flexibility index (Phi) is 5.63. The lowest BCUT2D eigenvalue weighted by Crippen LogP contribution is -2.30. The summed E-state index contributed by atoms with van der Waals surface area (Å²) >= 11 is 0. The summed E-state index contributed by atoms with van der Waals surface area (Å²) in [7, 11) is -0.701. The van der Waals surface area contributed by atoms with Crippen molar-refractivity contribution in [1.82, 2.24) is 10.3 Å². The van der Waals surface area contributed by atoms with Crippen molar-refractivity contribution in [2.24, 2.45) is 0 Å². The summed E-state index contributed by atoms with van der Waals surface area (Å²) < 4.78 is 11.0. The van der Waals surface area contributed by atoms with Crippen molar-refractivity contribution in [2.45, 2.75) is 32.4 Å². The molecule has 0 spiro atoms. The second-order valence-corrected chi connectivity index (χ2v) is 5.66. The predicted octanol–water partition coefficient (Wildman–Crippen LogP) is 1.89. The fraction of sp³-hybridized carbons (Fsp3) is 0.583. The molecular formula is C12H20N2OS. The summed E-state index contributed by atoms with van der Waals surface area (Å²) in [6.07, 6.45) is 4.48. The molecule has 3 atom stereocenters. The van der Waals surface area contributed by atoms with Gasteiger partial charge in [0.1, 0.15) is 0 Å². The molecule has 1 heterocycles. The summed E-state index contributed by atoms with van der Waals surface area (Å²) in [5.74, 6) is 0.753. The molecule has 90 valence electrons. The zero-order valence-electron chi connectivity index (χ0n) is 10.1. The van der Waals surface area contributed by atoms with E-state index in [0.29, 0.717) is 6.04 Å². The Morgan fingerprint density at radius 3 is 2.75 bits per heavy atom. The summed E-state index contributed by atoms with van der Waals surface area (Å²) in [6.45, 7) is 4.22. The Bertz CT molecular complexity index is 329. The van der Waals surface area contributed by atoms with E-state index in [1.807, 2.05) is 18.2 Å². The highest BCUT2D eigenvalue weighted by Crippen LogP contribution is 2.09. The average molecular weight is 240 g/mol. The molecule has 0 aliphatic carbocycles. The molecule has 3 nitrogen and oxygen atoms in total. The van der Waals surface area contributed by atoms with E-state index >= 15 is 0 Å². The van der Waals surface area contributed by atoms with Gasteiger partial charge in [-0.1, -0.05) is 6.07 Å². The van der Waals surface area contributed by atoms with Crippen LogP contribution in [0.4, 0.5) is 0 Å². The molecule has 0 aliphatic heterocycles. The first-order chi connectivity index (χ1) is 7.59. The molecule has 3 unspecified atom stereocenters. The van der Waals surface area contributed by atoms with Crippen LogP contribution < -0.4 is 5.32 Å². The topological polar surface area (TPSA) is 42.0 Å². The quantitative estimate of drug-likeness (QED) is 0.825. The van der Waals surface area contributed by atoms with Crippen LogP contribution in [-0.4, -0.2) is 27.2 Å². The SMILES string of the molecule is CC(CCS(C)=O)NC(C)c1ccccn1. The third kappa shape index (κ3) is 4.86. The average Bonchev–Trinajstić information content (AvgIpc) is 2.27. The highest BCUT2D eigenvalue weighted by atomic mass is 32.2. The maximum absolute atomic E-state index is 11.0. The van der Waals surface area contributed by atoms with E-state index in [1.165, 1.54) is 0 Å². The minimum absolute atomic E-state index is 0.237. The van der Waals surface area contributed by atoms with Gasteiger partial charge in [0.2, 0.25) is 0 Å². The fourth-order valence-corrected chi connectivity index (χ4v) is 2.26. The molecule has 0 aliphatic rings. The highest BCUT2D eigenvalue weighted by Gasteiger charge is 2.10. The monoisotopic (exact) mass is 240 g/mol. The van der Waals surface area contributed by atoms with E-state index in [0.717, 1.165) is 17.9 Å². The third-order valence-corrected chi connectivity index (χ3v) is 3.31. The lowest BCUT2D eigenvalue weighted by Gasteiger charge is -2.19. The van der Waals surface area contributed by atoms with Crippen LogP contribution in [0.25, 0.3) is 0 Å². The van der Waals surface area contributed by atoms with Crippen LogP contribution in [0.1, 0.15) is 32.0 Å². The van der Waals surface area contributed by atoms with Crippen LogP contribution in [0.5, 0.6) is 0 Å². The van der Waals surface area contributed by atoms with E-state index in [1.54, 1.807) is 12.5 Å². The van der Waals surface area contributed by atoms with Crippen molar-refractivity contribution in [3.05, 3.63) is 30.1 Å². The van der Waals surface area contributed by atoms with Crippen LogP contribution in [0, 0.1) is 0 Å². The molecule has 16 heavy (non-hydrogen) atoms. The highest BCUT2D eigenvalue weighted by molar-refractivity contribution is 7.84. The second-order valence-electron chi connectivity index (χ2n) is 4.11. The van der Waals surface area contributed by atoms with E-state index < -0.39 is 10.8 Å². The predicted molar refractivity (Wildman–Crippen MR) is 68.8 cm³/mol. The Balaban J connectivity index is 2.39. The first-order valence-electron chi connectivity index (χ1n) is 5.56. The minimum atomic E-state index is -0.701. The Hall–Kier alpha value is -0.740. The smallest absolute Gasteiger partial charge is 0.0570 e. The molecule has 0 radical (unpaired) electrons. The minimum Gasteiger partial charge on any atom is -0.306 e. The number of pyridine rings is 1. The lowest BCUT2D eigenvalue weighted by atomic mass is 10.1. The van der Waals surface area contributed by atoms with E-state index in [-0.39, 0.29) is 6.04 Å². The van der Waals surface area contributed by atoms with Crippen molar-refractivity contribution in [3.8, 4) is 0 Å². The number of aromatic nitrogens is 1. The molecule has 0 saturated carbocycles. The van der Waals surface area contributed by atoms with Crippen molar-refractivity contribution in [3.63, 3.8) is 0 Å². The molecule has 0 bridgehead atoms. The molecule has 1 aromatic heterocycles. The van der Waals surface area contributed by atoms with E-state index in [2.05, 4.69) is 24.1 Å². The lowest BCUT2D eigenvalue weighted by molar-refractivity contribution is 0.463. The summed E-state index contributed by atoms with van der Waals surface area (Å²) in [5.41, 5.74) is 1.05. The van der Waals surface area contributed by atoms with Gasteiger partial charge in [0.15, 0.2) is 0 Å². The van der Waals surface area contributed by atoms with Crippen LogP contribution >= 0.6 is 0 Å². The first kappa shape index (κ1) is 13.3. The Morgan fingerprint density at radius 2 is 2.19 bits per heavy atom. The van der Waals surface area contributed by atoms with Crippen molar-refractivity contribution in [2.75, 3.05) is 12.0 Å². The molecular weight excluding hydrogens is 220 g/mol. The third-order valence-electron chi connectivity index (χ3n) is 2.50. The largest absolute Gasteiger partial charge is 0.306 e. The number of nitrogens with zero attached hydrogens (tertiary/aromatic N) is 1. The maximum atomic E-state index is 11.0. The van der Waals surface area contributed by atoms with Gasteiger partial charge in [-0.05, 0) is 32.4 Å². The number of nitrogens with one attached hydrogen (secondary N) is 1. The molecule has 1 aromatic rings. The Morgan fingerprint density at radius 1 is 1.44 bits per heavy atom. The van der Waals surface area contributed by atoms with Crippen LogP contribution in [0.15, 0.2) is 24.4 Å².